The highest BCUT2D eigenvalue weighted by Crippen LogP contribution is 2.22. The van der Waals surface area contributed by atoms with Crippen molar-refractivity contribution in [2.75, 3.05) is 0 Å². The fourth-order valence-corrected chi connectivity index (χ4v) is 1.30. The van der Waals surface area contributed by atoms with Gasteiger partial charge in [0.25, 0.3) is 0 Å². The summed E-state index contributed by atoms with van der Waals surface area (Å²) < 4.78 is -0.0550. The molecule has 1 nitrogen and oxygen atoms in total. The summed E-state index contributed by atoms with van der Waals surface area (Å²) in [5.41, 5.74) is 1.93. The van der Waals surface area contributed by atoms with E-state index in [-0.39, 0.29) is 10.1 Å². The molecule has 1 aromatic carbocycles. The molecule has 0 atom stereocenters. The molecule has 3 heteroatoms. The Morgan fingerprint density at radius 3 is 2.54 bits per heavy atom. The third kappa shape index (κ3) is 2.58. The van der Waals surface area contributed by atoms with Gasteiger partial charge in [0, 0.05) is 0 Å². The standard InChI is InChI=1S/C10H7Cl2O/c1-7-3-2-4-8(5-7)9(6-13)10(11)12/h2-5H,1H3. The van der Waals surface area contributed by atoms with Crippen LogP contribution >= 0.6 is 23.2 Å². The Kier molecular flexibility index (Phi) is 3.52. The van der Waals surface area contributed by atoms with Crippen molar-refractivity contribution < 1.29 is 4.79 Å². The van der Waals surface area contributed by atoms with E-state index < -0.39 is 0 Å². The molecule has 0 heterocycles. The number of allylic oxidation sites excluding steroid dienone is 1. The van der Waals surface area contributed by atoms with Crippen molar-refractivity contribution in [2.45, 2.75) is 6.92 Å². The van der Waals surface area contributed by atoms with Gasteiger partial charge in [-0.1, -0.05) is 53.0 Å². The zero-order valence-corrected chi connectivity index (χ0v) is 8.49. The molecular formula is C10H7Cl2O. The lowest BCUT2D eigenvalue weighted by molar-refractivity contribution is 0.565. The molecule has 0 saturated carbocycles. The zero-order valence-electron chi connectivity index (χ0n) is 6.97. The first-order valence-corrected chi connectivity index (χ1v) is 4.41. The van der Waals surface area contributed by atoms with Crippen molar-refractivity contribution in [1.29, 1.82) is 0 Å². The van der Waals surface area contributed by atoms with Gasteiger partial charge in [-0.15, -0.1) is 0 Å². The second kappa shape index (κ2) is 4.45. The SMILES string of the molecule is Cc1cccc(C([C]=O)=C(Cl)Cl)c1. The molecular weight excluding hydrogens is 207 g/mol. The van der Waals surface area contributed by atoms with Crippen molar-refractivity contribution in [1.82, 2.24) is 0 Å². The van der Waals surface area contributed by atoms with E-state index in [9.17, 15) is 4.79 Å². The predicted octanol–water partition coefficient (Wildman–Crippen LogP) is 3.25. The quantitative estimate of drug-likeness (QED) is 0.690. The van der Waals surface area contributed by atoms with Crippen LogP contribution in [0.1, 0.15) is 11.1 Å². The molecule has 0 aliphatic heterocycles. The van der Waals surface area contributed by atoms with Crippen molar-refractivity contribution in [3.05, 3.63) is 39.9 Å². The van der Waals surface area contributed by atoms with Crippen LogP contribution in [-0.2, 0) is 4.79 Å². The summed E-state index contributed by atoms with van der Waals surface area (Å²) in [4.78, 5) is 10.5. The van der Waals surface area contributed by atoms with Crippen molar-refractivity contribution in [3.63, 3.8) is 0 Å². The molecule has 1 aromatic rings. The fourth-order valence-electron chi connectivity index (χ4n) is 1.01. The maximum atomic E-state index is 10.5. The normalized spacial score (nSPS) is 9.46. The molecule has 0 aromatic heterocycles. The Balaban J connectivity index is 3.21. The summed E-state index contributed by atoms with van der Waals surface area (Å²) in [6.07, 6.45) is 1.71. The van der Waals surface area contributed by atoms with Crippen molar-refractivity contribution in [3.8, 4) is 0 Å². The number of rotatable bonds is 2. The number of aryl methyl sites for hydroxylation is 1. The van der Waals surface area contributed by atoms with E-state index in [1.807, 2.05) is 25.1 Å². The monoisotopic (exact) mass is 213 g/mol. The van der Waals surface area contributed by atoms with Gasteiger partial charge in [-0.05, 0) is 12.5 Å². The second-order valence-corrected chi connectivity index (χ2v) is 3.56. The van der Waals surface area contributed by atoms with E-state index >= 15 is 0 Å². The molecule has 0 amide bonds. The largest absolute Gasteiger partial charge is 0.285 e. The molecule has 0 unspecified atom stereocenters. The van der Waals surface area contributed by atoms with E-state index in [1.54, 1.807) is 12.4 Å². The lowest BCUT2D eigenvalue weighted by Crippen LogP contribution is -1.87. The van der Waals surface area contributed by atoms with Crippen LogP contribution in [0.2, 0.25) is 0 Å². The topological polar surface area (TPSA) is 17.1 Å². The Morgan fingerprint density at radius 1 is 1.38 bits per heavy atom. The maximum absolute atomic E-state index is 10.5. The number of carbonyl (C=O) groups excluding carboxylic acids is 1. The molecule has 0 aliphatic carbocycles. The van der Waals surface area contributed by atoms with Gasteiger partial charge in [0.1, 0.15) is 4.49 Å². The summed E-state index contributed by atoms with van der Waals surface area (Å²) in [6.45, 7) is 1.92. The fraction of sp³-hybridized carbons (Fsp3) is 0.100. The number of benzene rings is 1. The molecule has 0 fully saturated rings. The average Bonchev–Trinajstić information content (AvgIpc) is 2.04. The van der Waals surface area contributed by atoms with Crippen LogP contribution < -0.4 is 0 Å². The van der Waals surface area contributed by atoms with Gasteiger partial charge in [0.2, 0.25) is 6.29 Å². The van der Waals surface area contributed by atoms with E-state index in [2.05, 4.69) is 0 Å². The summed E-state index contributed by atoms with van der Waals surface area (Å²) in [7, 11) is 0. The molecule has 1 rings (SSSR count). The van der Waals surface area contributed by atoms with Gasteiger partial charge in [-0.3, -0.25) is 4.79 Å². The molecule has 0 bridgehead atoms. The lowest BCUT2D eigenvalue weighted by Gasteiger charge is -2.00. The van der Waals surface area contributed by atoms with Crippen LogP contribution in [-0.4, -0.2) is 6.29 Å². The Labute approximate surface area is 87.0 Å². The Morgan fingerprint density at radius 2 is 2.08 bits per heavy atom. The van der Waals surface area contributed by atoms with Crippen LogP contribution in [0.4, 0.5) is 0 Å². The molecule has 0 spiro atoms. The van der Waals surface area contributed by atoms with Gasteiger partial charge >= 0.3 is 0 Å². The van der Waals surface area contributed by atoms with E-state index in [0.29, 0.717) is 5.56 Å². The summed E-state index contributed by atoms with van der Waals surface area (Å²) in [6, 6.07) is 7.34. The Hall–Kier alpha value is -0.790. The second-order valence-electron chi connectivity index (χ2n) is 2.61. The maximum Gasteiger partial charge on any atom is 0.236 e. The van der Waals surface area contributed by atoms with Crippen LogP contribution in [0.5, 0.6) is 0 Å². The summed E-state index contributed by atoms with van der Waals surface area (Å²) in [5, 5.41) is 0. The highest BCUT2D eigenvalue weighted by Gasteiger charge is 2.05. The van der Waals surface area contributed by atoms with E-state index in [0.717, 1.165) is 5.56 Å². The van der Waals surface area contributed by atoms with Crippen molar-refractivity contribution >= 4 is 35.1 Å². The number of halogens is 2. The number of hydrogen-bond donors (Lipinski definition) is 0. The number of hydrogen-bond acceptors (Lipinski definition) is 1. The first-order chi connectivity index (χ1) is 6.15. The summed E-state index contributed by atoms with van der Waals surface area (Å²) in [5.74, 6) is 0. The van der Waals surface area contributed by atoms with Gasteiger partial charge in [-0.25, -0.2) is 0 Å². The molecule has 1 radical (unpaired) electrons. The average molecular weight is 214 g/mol. The minimum Gasteiger partial charge on any atom is -0.285 e. The van der Waals surface area contributed by atoms with E-state index in [1.165, 1.54) is 0 Å². The third-order valence-electron chi connectivity index (χ3n) is 1.60. The molecule has 0 saturated heterocycles. The first-order valence-electron chi connectivity index (χ1n) is 3.65. The molecule has 67 valence electrons. The summed E-state index contributed by atoms with van der Waals surface area (Å²) >= 11 is 11.0. The van der Waals surface area contributed by atoms with Crippen LogP contribution in [0.25, 0.3) is 5.57 Å². The predicted molar refractivity (Wildman–Crippen MR) is 55.5 cm³/mol. The highest BCUT2D eigenvalue weighted by molar-refractivity contribution is 6.60. The smallest absolute Gasteiger partial charge is 0.236 e. The molecule has 0 N–H and O–H groups in total. The minimum absolute atomic E-state index is 0.0550. The van der Waals surface area contributed by atoms with Crippen LogP contribution in [0.3, 0.4) is 0 Å². The molecule has 0 aliphatic rings. The minimum atomic E-state index is -0.0550. The van der Waals surface area contributed by atoms with Crippen molar-refractivity contribution in [2.24, 2.45) is 0 Å². The lowest BCUT2D eigenvalue weighted by atomic mass is 10.1. The van der Waals surface area contributed by atoms with Gasteiger partial charge in [-0.2, -0.15) is 0 Å². The van der Waals surface area contributed by atoms with Crippen LogP contribution in [0, 0.1) is 6.92 Å². The Bertz CT molecular complexity index is 352. The molecule has 13 heavy (non-hydrogen) atoms. The zero-order chi connectivity index (χ0) is 9.84. The van der Waals surface area contributed by atoms with Crippen LogP contribution in [0.15, 0.2) is 28.8 Å². The van der Waals surface area contributed by atoms with Gasteiger partial charge < -0.3 is 0 Å². The van der Waals surface area contributed by atoms with Gasteiger partial charge in [0.15, 0.2) is 0 Å². The van der Waals surface area contributed by atoms with E-state index in [4.69, 9.17) is 23.2 Å². The first kappa shape index (κ1) is 10.3. The highest BCUT2D eigenvalue weighted by atomic mass is 35.5. The third-order valence-corrected chi connectivity index (χ3v) is 1.98. The van der Waals surface area contributed by atoms with Gasteiger partial charge in [0.05, 0.1) is 5.57 Å².